The second-order valence-corrected chi connectivity index (χ2v) is 7.75. The Morgan fingerprint density at radius 3 is 2.48 bits per heavy atom. The summed E-state index contributed by atoms with van der Waals surface area (Å²) in [6.07, 6.45) is 0. The van der Waals surface area contributed by atoms with E-state index in [0.717, 1.165) is 15.6 Å². The third kappa shape index (κ3) is 3.86. The number of aryl methyl sites for hydroxylation is 1. The smallest absolute Gasteiger partial charge is 0.207 e. The molecule has 0 fully saturated rings. The number of hydrogen-bond acceptors (Lipinski definition) is 2. The lowest BCUT2D eigenvalue weighted by Crippen LogP contribution is -2.27. The molecule has 0 saturated heterocycles. The molecule has 2 aromatic carbocycles. The molecule has 21 heavy (non-hydrogen) atoms. The molecule has 1 unspecified atom stereocenters. The van der Waals surface area contributed by atoms with E-state index in [1.807, 2.05) is 25.1 Å². The van der Waals surface area contributed by atoms with Crippen molar-refractivity contribution >= 4 is 37.6 Å². The first-order chi connectivity index (χ1) is 9.81. The Hall–Kier alpha value is -0.880. The number of hydrogen-bond donors (Lipinski definition) is 1. The fraction of sp³-hybridized carbons (Fsp3) is 0.200. The molecule has 0 bridgehead atoms. The minimum absolute atomic E-state index is 0.238. The molecule has 2 aromatic rings. The number of rotatable bonds is 4. The topological polar surface area (TPSA) is 46.2 Å². The average molecular weight is 389 g/mol. The molecular weight excluding hydrogens is 374 g/mol. The normalized spacial score (nSPS) is 13.1. The van der Waals surface area contributed by atoms with E-state index in [2.05, 4.69) is 20.7 Å². The van der Waals surface area contributed by atoms with Gasteiger partial charge >= 0.3 is 0 Å². The van der Waals surface area contributed by atoms with Crippen LogP contribution in [0.2, 0.25) is 5.02 Å². The molecule has 6 heteroatoms. The summed E-state index contributed by atoms with van der Waals surface area (Å²) in [4.78, 5) is 0.238. The molecule has 3 nitrogen and oxygen atoms in total. The SMILES string of the molecule is Cc1cc(S(=O)(=O)NC(C)c2ccccc2Cl)ccc1Br. The van der Waals surface area contributed by atoms with Gasteiger partial charge in [-0.2, -0.15) is 0 Å². The molecule has 0 heterocycles. The van der Waals surface area contributed by atoms with Gasteiger partial charge in [0.25, 0.3) is 0 Å². The molecule has 0 saturated carbocycles. The zero-order valence-corrected chi connectivity index (χ0v) is 14.8. The Labute approximate surface area is 138 Å². The molecule has 1 N–H and O–H groups in total. The molecule has 0 spiro atoms. The summed E-state index contributed by atoms with van der Waals surface area (Å²) >= 11 is 9.46. The highest BCUT2D eigenvalue weighted by Crippen LogP contribution is 2.25. The van der Waals surface area contributed by atoms with E-state index in [1.54, 1.807) is 31.2 Å². The van der Waals surface area contributed by atoms with Gasteiger partial charge in [-0.25, -0.2) is 13.1 Å². The molecule has 1 atom stereocenters. The van der Waals surface area contributed by atoms with E-state index >= 15 is 0 Å². The first kappa shape index (κ1) is 16.5. The van der Waals surface area contributed by atoms with Crippen molar-refractivity contribution in [2.45, 2.75) is 24.8 Å². The van der Waals surface area contributed by atoms with Crippen molar-refractivity contribution in [3.05, 3.63) is 63.1 Å². The van der Waals surface area contributed by atoms with E-state index in [-0.39, 0.29) is 4.90 Å². The van der Waals surface area contributed by atoms with Crippen LogP contribution in [0.15, 0.2) is 51.8 Å². The zero-order valence-electron chi connectivity index (χ0n) is 11.6. The van der Waals surface area contributed by atoms with Crippen LogP contribution in [0.5, 0.6) is 0 Å². The molecule has 0 aliphatic heterocycles. The van der Waals surface area contributed by atoms with Crippen LogP contribution in [-0.4, -0.2) is 8.42 Å². The lowest BCUT2D eigenvalue weighted by molar-refractivity contribution is 0.567. The first-order valence-corrected chi connectivity index (χ1v) is 8.99. The van der Waals surface area contributed by atoms with Crippen LogP contribution >= 0.6 is 27.5 Å². The molecule has 2 rings (SSSR count). The van der Waals surface area contributed by atoms with Crippen molar-refractivity contribution in [1.29, 1.82) is 0 Å². The maximum atomic E-state index is 12.4. The quantitative estimate of drug-likeness (QED) is 0.841. The summed E-state index contributed by atoms with van der Waals surface area (Å²) in [5.74, 6) is 0. The van der Waals surface area contributed by atoms with Crippen LogP contribution in [0.3, 0.4) is 0 Å². The lowest BCUT2D eigenvalue weighted by atomic mass is 10.1. The maximum absolute atomic E-state index is 12.4. The number of halogens is 2. The van der Waals surface area contributed by atoms with Crippen molar-refractivity contribution in [1.82, 2.24) is 4.72 Å². The summed E-state index contributed by atoms with van der Waals surface area (Å²) in [5.41, 5.74) is 1.61. The van der Waals surface area contributed by atoms with Gasteiger partial charge < -0.3 is 0 Å². The third-order valence-corrected chi connectivity index (χ3v) is 5.92. The van der Waals surface area contributed by atoms with Crippen molar-refractivity contribution < 1.29 is 8.42 Å². The highest BCUT2D eigenvalue weighted by molar-refractivity contribution is 9.10. The fourth-order valence-electron chi connectivity index (χ4n) is 1.97. The Bertz CT molecular complexity index is 762. The summed E-state index contributed by atoms with van der Waals surface area (Å²) < 4.78 is 28.4. The first-order valence-electron chi connectivity index (χ1n) is 6.34. The van der Waals surface area contributed by atoms with E-state index in [4.69, 9.17) is 11.6 Å². The van der Waals surface area contributed by atoms with Gasteiger partial charge in [0.05, 0.1) is 4.90 Å². The van der Waals surface area contributed by atoms with Crippen molar-refractivity contribution in [3.8, 4) is 0 Å². The number of nitrogens with one attached hydrogen (secondary N) is 1. The van der Waals surface area contributed by atoms with Gasteiger partial charge in [-0.05, 0) is 49.2 Å². The standard InChI is InChI=1S/C15H15BrClNO2S/c1-10-9-12(7-8-14(10)16)21(19,20)18-11(2)13-5-3-4-6-15(13)17/h3-9,11,18H,1-2H3. The average Bonchev–Trinajstić information content (AvgIpc) is 2.41. The molecular formula is C15H15BrClNO2S. The molecule has 0 radical (unpaired) electrons. The van der Waals surface area contributed by atoms with Crippen LogP contribution in [0, 0.1) is 6.92 Å². The van der Waals surface area contributed by atoms with Crippen molar-refractivity contribution in [2.24, 2.45) is 0 Å². The van der Waals surface area contributed by atoms with Gasteiger partial charge in [-0.1, -0.05) is 45.7 Å². The van der Waals surface area contributed by atoms with Gasteiger partial charge in [-0.3, -0.25) is 0 Å². The van der Waals surface area contributed by atoms with Gasteiger partial charge in [0, 0.05) is 15.5 Å². The van der Waals surface area contributed by atoms with Gasteiger partial charge in [0.2, 0.25) is 10.0 Å². The van der Waals surface area contributed by atoms with Gasteiger partial charge in [-0.15, -0.1) is 0 Å². The van der Waals surface area contributed by atoms with Crippen LogP contribution in [-0.2, 0) is 10.0 Å². The lowest BCUT2D eigenvalue weighted by Gasteiger charge is -2.16. The van der Waals surface area contributed by atoms with Crippen molar-refractivity contribution in [3.63, 3.8) is 0 Å². The van der Waals surface area contributed by atoms with Crippen molar-refractivity contribution in [2.75, 3.05) is 0 Å². The van der Waals surface area contributed by atoms with Gasteiger partial charge in [0.15, 0.2) is 0 Å². The highest BCUT2D eigenvalue weighted by atomic mass is 79.9. The molecule has 0 aliphatic rings. The summed E-state index contributed by atoms with van der Waals surface area (Å²) in [5, 5.41) is 0.541. The predicted molar refractivity (Wildman–Crippen MR) is 89.1 cm³/mol. The molecule has 0 aromatic heterocycles. The Kier molecular flexibility index (Phi) is 5.09. The summed E-state index contributed by atoms with van der Waals surface area (Å²) in [7, 11) is -3.59. The van der Waals surface area contributed by atoms with Crippen LogP contribution in [0.4, 0.5) is 0 Å². The monoisotopic (exact) mass is 387 g/mol. The second-order valence-electron chi connectivity index (χ2n) is 4.78. The van der Waals surface area contributed by atoms with E-state index in [1.165, 1.54) is 0 Å². The van der Waals surface area contributed by atoms with E-state index < -0.39 is 16.1 Å². The Morgan fingerprint density at radius 1 is 1.19 bits per heavy atom. The third-order valence-electron chi connectivity index (χ3n) is 3.14. The van der Waals surface area contributed by atoms with Crippen LogP contribution in [0.1, 0.15) is 24.1 Å². The Morgan fingerprint density at radius 2 is 1.86 bits per heavy atom. The van der Waals surface area contributed by atoms with Crippen LogP contribution in [0.25, 0.3) is 0 Å². The summed E-state index contributed by atoms with van der Waals surface area (Å²) in [6, 6.07) is 11.7. The Balaban J connectivity index is 2.29. The largest absolute Gasteiger partial charge is 0.241 e. The predicted octanol–water partition coefficient (Wildman–Crippen LogP) is 4.45. The van der Waals surface area contributed by atoms with E-state index in [9.17, 15) is 8.42 Å². The minimum atomic E-state index is -3.59. The second kappa shape index (κ2) is 6.48. The van der Waals surface area contributed by atoms with E-state index in [0.29, 0.717) is 5.02 Å². The number of benzene rings is 2. The fourth-order valence-corrected chi connectivity index (χ4v) is 3.83. The zero-order chi connectivity index (χ0) is 15.6. The highest BCUT2D eigenvalue weighted by Gasteiger charge is 2.20. The molecule has 0 aliphatic carbocycles. The van der Waals surface area contributed by atoms with Gasteiger partial charge in [0.1, 0.15) is 0 Å². The summed E-state index contributed by atoms with van der Waals surface area (Å²) in [6.45, 7) is 3.62. The molecule has 0 amide bonds. The minimum Gasteiger partial charge on any atom is -0.207 e. The number of sulfonamides is 1. The van der Waals surface area contributed by atoms with Crippen LogP contribution < -0.4 is 4.72 Å². The maximum Gasteiger partial charge on any atom is 0.241 e. The molecule has 112 valence electrons.